The molecule has 1 aromatic rings. The van der Waals surface area contributed by atoms with Gasteiger partial charge in [-0.25, -0.2) is 0 Å². The van der Waals surface area contributed by atoms with Gasteiger partial charge in [0, 0.05) is 51.1 Å². The van der Waals surface area contributed by atoms with Gasteiger partial charge in [-0.1, -0.05) is 36.4 Å². The zero-order valence-electron chi connectivity index (χ0n) is 17.9. The van der Waals surface area contributed by atoms with Crippen LogP contribution in [-0.4, -0.2) is 84.2 Å². The number of aliphatic carboxylic acids is 1. The second-order valence-electron chi connectivity index (χ2n) is 8.29. The maximum Gasteiger partial charge on any atom is 0.303 e. The lowest BCUT2D eigenvalue weighted by Crippen LogP contribution is -2.40. The van der Waals surface area contributed by atoms with Gasteiger partial charge < -0.3 is 20.4 Å². The molecular weight excluding hydrogens is 398 g/mol. The molecule has 2 fully saturated rings. The first-order valence-corrected chi connectivity index (χ1v) is 10.6. The smallest absolute Gasteiger partial charge is 0.303 e. The van der Waals surface area contributed by atoms with Gasteiger partial charge in [0.2, 0.25) is 5.91 Å². The minimum atomic E-state index is -0.738. The number of nitrogens with one attached hydrogen (secondary N) is 1. The Balaban J connectivity index is 0.00000107. The number of benzene rings is 1. The third kappa shape index (κ3) is 7.48. The number of amides is 1. The fraction of sp³-hybridized carbons (Fsp3) is 0.522. The summed E-state index contributed by atoms with van der Waals surface area (Å²) in [4.78, 5) is 36.3. The molecule has 2 atom stereocenters. The van der Waals surface area contributed by atoms with Crippen LogP contribution in [0.15, 0.2) is 43.0 Å². The lowest BCUT2D eigenvalue weighted by Gasteiger charge is -2.29. The predicted octanol–water partition coefficient (Wildman–Crippen LogP) is 1.33. The molecule has 3 N–H and O–H groups in total. The molecule has 2 heterocycles. The van der Waals surface area contributed by atoms with Crippen molar-refractivity contribution < 1.29 is 24.6 Å². The third-order valence-corrected chi connectivity index (χ3v) is 6.11. The Labute approximate surface area is 183 Å². The fourth-order valence-electron chi connectivity index (χ4n) is 4.78. The van der Waals surface area contributed by atoms with E-state index in [1.807, 2.05) is 6.07 Å². The van der Waals surface area contributed by atoms with Gasteiger partial charge in [0.25, 0.3) is 6.47 Å². The monoisotopic (exact) mass is 431 g/mol. The average molecular weight is 432 g/mol. The van der Waals surface area contributed by atoms with Crippen LogP contribution < -0.4 is 5.32 Å². The molecule has 8 nitrogen and oxygen atoms in total. The number of hydrogen-bond acceptors (Lipinski definition) is 5. The van der Waals surface area contributed by atoms with E-state index in [-0.39, 0.29) is 24.2 Å². The van der Waals surface area contributed by atoms with Gasteiger partial charge in [0.15, 0.2) is 0 Å². The van der Waals surface area contributed by atoms with Crippen molar-refractivity contribution >= 4 is 18.3 Å². The Morgan fingerprint density at radius 2 is 1.84 bits per heavy atom. The van der Waals surface area contributed by atoms with E-state index in [2.05, 4.69) is 46.0 Å². The molecule has 0 bridgehead atoms. The van der Waals surface area contributed by atoms with Gasteiger partial charge in [-0.15, -0.1) is 6.58 Å². The van der Waals surface area contributed by atoms with Gasteiger partial charge in [0.05, 0.1) is 6.54 Å². The molecule has 8 heteroatoms. The molecule has 0 radical (unpaired) electrons. The van der Waals surface area contributed by atoms with Gasteiger partial charge in [-0.3, -0.25) is 19.3 Å². The van der Waals surface area contributed by atoms with E-state index in [1.165, 1.54) is 5.56 Å². The Hall–Kier alpha value is -2.71. The van der Waals surface area contributed by atoms with Crippen LogP contribution in [0.2, 0.25) is 0 Å². The van der Waals surface area contributed by atoms with Crippen LogP contribution in [0.5, 0.6) is 0 Å². The summed E-state index contributed by atoms with van der Waals surface area (Å²) in [6, 6.07) is 10.5. The van der Waals surface area contributed by atoms with E-state index in [0.717, 1.165) is 39.1 Å². The number of carboxylic acids is 1. The summed E-state index contributed by atoms with van der Waals surface area (Å²) in [6.45, 7) is 8.79. The molecule has 0 spiro atoms. The summed E-state index contributed by atoms with van der Waals surface area (Å²) < 4.78 is 0. The van der Waals surface area contributed by atoms with Crippen LogP contribution >= 0.6 is 0 Å². The molecule has 2 aliphatic rings. The van der Waals surface area contributed by atoms with Crippen molar-refractivity contribution in [3.8, 4) is 0 Å². The van der Waals surface area contributed by atoms with Crippen LogP contribution in [0.3, 0.4) is 0 Å². The summed E-state index contributed by atoms with van der Waals surface area (Å²) in [5.74, 6) is -0.304. The van der Waals surface area contributed by atoms with E-state index < -0.39 is 5.97 Å². The molecule has 2 unspecified atom stereocenters. The second kappa shape index (κ2) is 12.2. The lowest BCUT2D eigenvalue weighted by atomic mass is 9.77. The molecule has 3 rings (SSSR count). The van der Waals surface area contributed by atoms with E-state index in [1.54, 1.807) is 6.08 Å². The molecule has 170 valence electrons. The molecule has 0 aliphatic carbocycles. The van der Waals surface area contributed by atoms with Crippen molar-refractivity contribution in [3.63, 3.8) is 0 Å². The number of carboxylic acid groups (broad SMARTS) is 2. The molecule has 2 saturated heterocycles. The van der Waals surface area contributed by atoms with Gasteiger partial charge in [0.1, 0.15) is 0 Å². The highest BCUT2D eigenvalue weighted by Gasteiger charge is 2.51. The maximum absolute atomic E-state index is 12.1. The third-order valence-electron chi connectivity index (χ3n) is 6.11. The number of fused-ring (bicyclic) bond motifs is 1. The summed E-state index contributed by atoms with van der Waals surface area (Å²) in [6.07, 6.45) is 3.56. The molecule has 31 heavy (non-hydrogen) atoms. The minimum Gasteiger partial charge on any atom is -0.483 e. The molecule has 2 aliphatic heterocycles. The summed E-state index contributed by atoms with van der Waals surface area (Å²) in [5, 5.41) is 18.9. The highest BCUT2D eigenvalue weighted by atomic mass is 16.4. The largest absolute Gasteiger partial charge is 0.483 e. The number of nitrogens with zero attached hydrogens (tertiary/aromatic N) is 2. The first-order valence-electron chi connectivity index (χ1n) is 10.6. The van der Waals surface area contributed by atoms with Gasteiger partial charge >= 0.3 is 5.97 Å². The molecule has 0 saturated carbocycles. The lowest BCUT2D eigenvalue weighted by molar-refractivity contribution is -0.137. The standard InChI is InChI=1S/C22H31N3O3.CH2O2/c1-2-11-23-20(26)15-25-14-19-13-24(12-9-18-6-4-3-5-7-18)16-22(19,17-25)10-8-21(27)28;2-1-3/h2-7,19H,1,8-17H2,(H,23,26)(H,27,28);1H,(H,2,3). The Morgan fingerprint density at radius 1 is 1.19 bits per heavy atom. The van der Waals surface area contributed by atoms with Crippen molar-refractivity contribution in [2.24, 2.45) is 11.3 Å². The van der Waals surface area contributed by atoms with Crippen molar-refractivity contribution in [1.29, 1.82) is 0 Å². The van der Waals surface area contributed by atoms with Crippen molar-refractivity contribution in [1.82, 2.24) is 15.1 Å². The normalized spacial score (nSPS) is 22.8. The number of carbonyl (C=O) groups excluding carboxylic acids is 1. The number of rotatable bonds is 10. The fourth-order valence-corrected chi connectivity index (χ4v) is 4.78. The minimum absolute atomic E-state index is 0.00851. The Morgan fingerprint density at radius 3 is 2.48 bits per heavy atom. The highest BCUT2D eigenvalue weighted by molar-refractivity contribution is 5.78. The van der Waals surface area contributed by atoms with Gasteiger partial charge in [-0.2, -0.15) is 0 Å². The molecule has 1 aromatic carbocycles. The molecular formula is C23H33N3O5. The number of likely N-dealkylation sites (tertiary alicyclic amines) is 2. The van der Waals surface area contributed by atoms with E-state index in [9.17, 15) is 14.7 Å². The van der Waals surface area contributed by atoms with E-state index in [4.69, 9.17) is 9.90 Å². The first kappa shape index (κ1) is 24.6. The van der Waals surface area contributed by atoms with E-state index in [0.29, 0.717) is 25.4 Å². The number of carbonyl (C=O) groups is 3. The number of hydrogen-bond donors (Lipinski definition) is 3. The van der Waals surface area contributed by atoms with Crippen LogP contribution in [0.25, 0.3) is 0 Å². The SMILES string of the molecule is C=CCNC(=O)CN1CC2CN(CCc3ccccc3)CC2(CCC(=O)O)C1.O=CO. The van der Waals surface area contributed by atoms with E-state index >= 15 is 0 Å². The quantitative estimate of drug-likeness (QED) is 0.379. The zero-order valence-corrected chi connectivity index (χ0v) is 17.9. The van der Waals surface area contributed by atoms with Crippen LogP contribution in [0, 0.1) is 11.3 Å². The zero-order chi connectivity index (χ0) is 22.7. The van der Waals surface area contributed by atoms with Crippen molar-refractivity contribution in [2.45, 2.75) is 19.3 Å². The predicted molar refractivity (Wildman–Crippen MR) is 118 cm³/mol. The summed E-state index contributed by atoms with van der Waals surface area (Å²) in [5.41, 5.74) is 1.31. The maximum atomic E-state index is 12.1. The Kier molecular flexibility index (Phi) is 9.68. The summed E-state index contributed by atoms with van der Waals surface area (Å²) in [7, 11) is 0. The molecule has 1 amide bonds. The van der Waals surface area contributed by atoms with Gasteiger partial charge in [-0.05, 0) is 24.3 Å². The topological polar surface area (TPSA) is 110 Å². The highest BCUT2D eigenvalue weighted by Crippen LogP contribution is 2.45. The van der Waals surface area contributed by atoms with Crippen LogP contribution in [0.4, 0.5) is 0 Å². The molecule has 0 aromatic heterocycles. The summed E-state index contributed by atoms with van der Waals surface area (Å²) >= 11 is 0. The van der Waals surface area contributed by atoms with Crippen LogP contribution in [0.1, 0.15) is 18.4 Å². The van der Waals surface area contributed by atoms with Crippen molar-refractivity contribution in [2.75, 3.05) is 45.8 Å². The average Bonchev–Trinajstić information content (AvgIpc) is 3.24. The first-order chi connectivity index (χ1) is 14.9. The van der Waals surface area contributed by atoms with Crippen molar-refractivity contribution in [3.05, 3.63) is 48.6 Å². The second-order valence-corrected chi connectivity index (χ2v) is 8.29. The van der Waals surface area contributed by atoms with Crippen LogP contribution in [-0.2, 0) is 20.8 Å². The Bertz CT molecular complexity index is 742.